The topological polar surface area (TPSA) is 29.3 Å². The normalized spacial score (nSPS) is 19.5. The van der Waals surface area contributed by atoms with Gasteiger partial charge in [0.1, 0.15) is 0 Å². The Kier molecular flexibility index (Phi) is 6.24. The van der Waals surface area contributed by atoms with E-state index in [1.165, 1.54) is 38.9 Å². The first-order valence-electron chi connectivity index (χ1n) is 6.51. The van der Waals surface area contributed by atoms with Crippen LogP contribution >= 0.6 is 24.0 Å². The Morgan fingerprint density at radius 2 is 2.00 bits per heavy atom. The summed E-state index contributed by atoms with van der Waals surface area (Å²) >= 11 is 7.11. The Hall–Kier alpha value is 0.200. The Balaban J connectivity index is 2.18. The number of nitrogens with two attached hydrogens (primary N) is 1. The molecular weight excluding hydrogens is 248 g/mol. The van der Waals surface area contributed by atoms with Gasteiger partial charge in [-0.25, -0.2) is 0 Å². The van der Waals surface area contributed by atoms with E-state index < -0.39 is 0 Å². The van der Waals surface area contributed by atoms with Crippen LogP contribution < -0.4 is 5.73 Å². The van der Waals surface area contributed by atoms with Crippen molar-refractivity contribution in [2.24, 2.45) is 11.1 Å². The molecule has 0 radical (unpaired) electrons. The summed E-state index contributed by atoms with van der Waals surface area (Å²) < 4.78 is 0. The quantitative estimate of drug-likeness (QED) is 0.754. The fourth-order valence-corrected chi connectivity index (χ4v) is 3.02. The second kappa shape index (κ2) is 6.95. The van der Waals surface area contributed by atoms with Gasteiger partial charge in [-0.05, 0) is 51.6 Å². The van der Waals surface area contributed by atoms with Crippen LogP contribution in [0.2, 0.25) is 0 Å². The largest absolute Gasteiger partial charge is 0.393 e. The lowest BCUT2D eigenvalue weighted by atomic mass is 9.88. The monoisotopic (exact) mass is 274 g/mol. The first kappa shape index (κ1) is 15.3. The minimum Gasteiger partial charge on any atom is -0.393 e. The van der Waals surface area contributed by atoms with E-state index in [4.69, 9.17) is 18.0 Å². The summed E-state index contributed by atoms with van der Waals surface area (Å²) in [5.41, 5.74) is 5.76. The highest BCUT2D eigenvalue weighted by Gasteiger charge is 2.22. The molecule has 1 aliphatic heterocycles. The maximum atomic E-state index is 5.74. The minimum absolute atomic E-state index is 0.0208. The maximum Gasteiger partial charge on any atom is 0.0784 e. The van der Waals surface area contributed by atoms with Crippen molar-refractivity contribution in [1.29, 1.82) is 0 Å². The fraction of sp³-hybridized carbons (Fsp3) is 0.923. The summed E-state index contributed by atoms with van der Waals surface area (Å²) in [5.74, 6) is 0. The van der Waals surface area contributed by atoms with Crippen molar-refractivity contribution < 1.29 is 0 Å². The van der Waals surface area contributed by atoms with Crippen LogP contribution in [0, 0.1) is 5.41 Å². The standard InChI is InChI=1S/C13H26N2S2/c1-13(2,12(14)16)7-4-8-15-9-5-11(17-3)6-10-15/h11H,4-10H2,1-3H3,(H2,14,16). The minimum atomic E-state index is 0.0208. The summed E-state index contributed by atoms with van der Waals surface area (Å²) in [7, 11) is 0. The molecule has 1 fully saturated rings. The van der Waals surface area contributed by atoms with Gasteiger partial charge in [0, 0.05) is 10.7 Å². The van der Waals surface area contributed by atoms with Crippen molar-refractivity contribution in [2.45, 2.75) is 44.8 Å². The van der Waals surface area contributed by atoms with Crippen LogP contribution in [0.5, 0.6) is 0 Å². The van der Waals surface area contributed by atoms with Crippen LogP contribution in [-0.4, -0.2) is 41.0 Å². The lowest BCUT2D eigenvalue weighted by Crippen LogP contribution is -2.36. The number of nitrogens with zero attached hydrogens (tertiary/aromatic N) is 1. The number of thiocarbonyl (C=S) groups is 1. The molecule has 0 aromatic rings. The van der Waals surface area contributed by atoms with E-state index in [9.17, 15) is 0 Å². The molecule has 0 unspecified atom stereocenters. The molecule has 0 saturated carbocycles. The molecule has 1 aliphatic rings. The molecule has 4 heteroatoms. The van der Waals surface area contributed by atoms with E-state index in [2.05, 4.69) is 25.0 Å². The average molecular weight is 274 g/mol. The van der Waals surface area contributed by atoms with E-state index in [-0.39, 0.29) is 5.41 Å². The molecule has 1 rings (SSSR count). The number of hydrogen-bond acceptors (Lipinski definition) is 3. The van der Waals surface area contributed by atoms with Crippen molar-refractivity contribution in [3.8, 4) is 0 Å². The van der Waals surface area contributed by atoms with E-state index >= 15 is 0 Å². The molecule has 0 amide bonds. The Morgan fingerprint density at radius 3 is 2.47 bits per heavy atom. The van der Waals surface area contributed by atoms with Gasteiger partial charge < -0.3 is 10.6 Å². The van der Waals surface area contributed by atoms with E-state index in [0.717, 1.165) is 11.7 Å². The van der Waals surface area contributed by atoms with Crippen molar-refractivity contribution in [3.05, 3.63) is 0 Å². The van der Waals surface area contributed by atoms with Gasteiger partial charge in [0.15, 0.2) is 0 Å². The summed E-state index contributed by atoms with van der Waals surface area (Å²) in [5, 5.41) is 0.888. The highest BCUT2D eigenvalue weighted by Crippen LogP contribution is 2.24. The van der Waals surface area contributed by atoms with Crippen LogP contribution in [-0.2, 0) is 0 Å². The SMILES string of the molecule is CSC1CCN(CCCC(C)(C)C(N)=S)CC1. The van der Waals surface area contributed by atoms with Crippen LogP contribution in [0.3, 0.4) is 0 Å². The van der Waals surface area contributed by atoms with Crippen molar-refractivity contribution in [1.82, 2.24) is 4.90 Å². The van der Waals surface area contributed by atoms with Gasteiger partial charge in [-0.3, -0.25) is 0 Å². The highest BCUT2D eigenvalue weighted by molar-refractivity contribution is 7.99. The smallest absolute Gasteiger partial charge is 0.0784 e. The van der Waals surface area contributed by atoms with Gasteiger partial charge in [0.25, 0.3) is 0 Å². The van der Waals surface area contributed by atoms with Crippen molar-refractivity contribution in [2.75, 3.05) is 25.9 Å². The molecule has 2 N–H and O–H groups in total. The van der Waals surface area contributed by atoms with Gasteiger partial charge >= 0.3 is 0 Å². The van der Waals surface area contributed by atoms with Gasteiger partial charge in [-0.1, -0.05) is 26.1 Å². The fourth-order valence-electron chi connectivity index (χ4n) is 2.24. The second-order valence-corrected chi connectivity index (χ2v) is 7.21. The number of thioether (sulfide) groups is 1. The van der Waals surface area contributed by atoms with E-state index in [0.29, 0.717) is 4.99 Å². The first-order valence-corrected chi connectivity index (χ1v) is 8.20. The summed E-state index contributed by atoms with van der Waals surface area (Å²) in [6, 6.07) is 0. The molecule has 0 aliphatic carbocycles. The summed E-state index contributed by atoms with van der Waals surface area (Å²) in [6.45, 7) is 8.02. The predicted octanol–water partition coefficient (Wildman–Crippen LogP) is 2.91. The second-order valence-electron chi connectivity index (χ2n) is 5.63. The third-order valence-electron chi connectivity index (χ3n) is 3.81. The Labute approximate surface area is 116 Å². The molecular formula is C13H26N2S2. The van der Waals surface area contributed by atoms with Crippen molar-refractivity contribution >= 4 is 29.0 Å². The van der Waals surface area contributed by atoms with Gasteiger partial charge in [-0.2, -0.15) is 11.8 Å². The van der Waals surface area contributed by atoms with Crippen LogP contribution in [0.4, 0.5) is 0 Å². The van der Waals surface area contributed by atoms with E-state index in [1.54, 1.807) is 0 Å². The third kappa shape index (κ3) is 5.14. The molecule has 0 bridgehead atoms. The van der Waals surface area contributed by atoms with Crippen LogP contribution in [0.25, 0.3) is 0 Å². The molecule has 17 heavy (non-hydrogen) atoms. The number of hydrogen-bond donors (Lipinski definition) is 1. The lowest BCUT2D eigenvalue weighted by Gasteiger charge is -2.32. The molecule has 100 valence electrons. The van der Waals surface area contributed by atoms with Gasteiger partial charge in [0.05, 0.1) is 4.99 Å². The average Bonchev–Trinajstić information content (AvgIpc) is 2.29. The molecule has 2 nitrogen and oxygen atoms in total. The number of likely N-dealkylation sites (tertiary alicyclic amines) is 1. The third-order valence-corrected chi connectivity index (χ3v) is 5.50. The zero-order chi connectivity index (χ0) is 12.9. The molecule has 0 spiro atoms. The van der Waals surface area contributed by atoms with Crippen LogP contribution in [0.1, 0.15) is 39.5 Å². The van der Waals surface area contributed by atoms with Crippen molar-refractivity contribution in [3.63, 3.8) is 0 Å². The highest BCUT2D eigenvalue weighted by atomic mass is 32.2. The Bertz CT molecular complexity index is 246. The van der Waals surface area contributed by atoms with Gasteiger partial charge in [-0.15, -0.1) is 0 Å². The lowest BCUT2D eigenvalue weighted by molar-refractivity contribution is 0.222. The predicted molar refractivity (Wildman–Crippen MR) is 82.8 cm³/mol. The Morgan fingerprint density at radius 1 is 1.41 bits per heavy atom. The van der Waals surface area contributed by atoms with Crippen LogP contribution in [0.15, 0.2) is 0 Å². The van der Waals surface area contributed by atoms with Gasteiger partial charge in [0.2, 0.25) is 0 Å². The molecule has 1 heterocycles. The zero-order valence-electron chi connectivity index (χ0n) is 11.4. The summed E-state index contributed by atoms with van der Waals surface area (Å²) in [6.07, 6.45) is 7.23. The summed E-state index contributed by atoms with van der Waals surface area (Å²) in [4.78, 5) is 3.24. The first-order chi connectivity index (χ1) is 7.95. The molecule has 0 aromatic carbocycles. The number of piperidine rings is 1. The van der Waals surface area contributed by atoms with E-state index in [1.807, 2.05) is 11.8 Å². The zero-order valence-corrected chi connectivity index (χ0v) is 13.0. The molecule has 0 aromatic heterocycles. The molecule has 0 atom stereocenters. The molecule has 1 saturated heterocycles. The number of rotatable bonds is 6. The maximum absolute atomic E-state index is 5.74.